The highest BCUT2D eigenvalue weighted by molar-refractivity contribution is 7.99. The van der Waals surface area contributed by atoms with Crippen molar-refractivity contribution in [3.05, 3.63) is 0 Å². The lowest BCUT2D eigenvalue weighted by molar-refractivity contribution is 0.357. The molecule has 2 saturated heterocycles. The summed E-state index contributed by atoms with van der Waals surface area (Å²) in [5.41, 5.74) is 0. The first-order chi connectivity index (χ1) is 8.09. The fraction of sp³-hybridized carbons (Fsp3) is 1.00. The number of thioether (sulfide) groups is 1. The van der Waals surface area contributed by atoms with Crippen LogP contribution in [0, 0.1) is 0 Å². The van der Waals surface area contributed by atoms with E-state index in [-0.39, 0.29) is 17.8 Å². The summed E-state index contributed by atoms with van der Waals surface area (Å²) < 4.78 is 26.4. The third-order valence-electron chi connectivity index (χ3n) is 3.49. The van der Waals surface area contributed by atoms with Gasteiger partial charge in [-0.15, -0.1) is 0 Å². The highest BCUT2D eigenvalue weighted by atomic mass is 32.2. The summed E-state index contributed by atoms with van der Waals surface area (Å²) in [4.78, 5) is 0. The van der Waals surface area contributed by atoms with E-state index >= 15 is 0 Å². The fourth-order valence-corrected chi connectivity index (χ4v) is 5.74. The monoisotopic (exact) mass is 278 g/mol. The average molecular weight is 278 g/mol. The van der Waals surface area contributed by atoms with Crippen LogP contribution in [0.15, 0.2) is 0 Å². The molecular weight excluding hydrogens is 256 g/mol. The lowest BCUT2D eigenvalue weighted by Gasteiger charge is -2.34. The van der Waals surface area contributed by atoms with Crippen LogP contribution in [0.25, 0.3) is 0 Å². The summed E-state index contributed by atoms with van der Waals surface area (Å²) >= 11 is 1.85. The number of nitrogens with zero attached hydrogens (tertiary/aromatic N) is 1. The molecule has 2 aliphatic heterocycles. The van der Waals surface area contributed by atoms with Crippen molar-refractivity contribution in [1.29, 1.82) is 0 Å². The predicted molar refractivity (Wildman–Crippen MR) is 72.9 cm³/mol. The van der Waals surface area contributed by atoms with E-state index in [4.69, 9.17) is 0 Å². The van der Waals surface area contributed by atoms with Gasteiger partial charge in [0.2, 0.25) is 10.0 Å². The maximum atomic E-state index is 12.3. The van der Waals surface area contributed by atoms with E-state index in [0.29, 0.717) is 6.54 Å². The molecule has 4 nitrogen and oxygen atoms in total. The number of piperidine rings is 1. The van der Waals surface area contributed by atoms with E-state index in [2.05, 4.69) is 5.32 Å². The minimum absolute atomic E-state index is 0.155. The summed E-state index contributed by atoms with van der Waals surface area (Å²) in [5, 5.41) is 3.32. The zero-order chi connectivity index (χ0) is 12.3. The van der Waals surface area contributed by atoms with Crippen LogP contribution in [0.4, 0.5) is 0 Å². The lowest BCUT2D eigenvalue weighted by Crippen LogP contribution is -2.49. The van der Waals surface area contributed by atoms with Gasteiger partial charge in [0.05, 0.1) is 5.75 Å². The largest absolute Gasteiger partial charge is 0.313 e. The molecule has 2 rings (SSSR count). The molecular formula is C11H22N2O2S2. The maximum Gasteiger partial charge on any atom is 0.215 e. The molecule has 0 aromatic carbocycles. The van der Waals surface area contributed by atoms with Crippen LogP contribution in [0.3, 0.4) is 0 Å². The molecule has 2 atom stereocenters. The summed E-state index contributed by atoms with van der Waals surface area (Å²) in [6.45, 7) is 3.66. The summed E-state index contributed by atoms with van der Waals surface area (Å²) in [5.74, 6) is 2.14. The van der Waals surface area contributed by atoms with Crippen LogP contribution >= 0.6 is 11.8 Å². The van der Waals surface area contributed by atoms with Crippen molar-refractivity contribution in [3.63, 3.8) is 0 Å². The van der Waals surface area contributed by atoms with E-state index in [9.17, 15) is 8.42 Å². The smallest absolute Gasteiger partial charge is 0.215 e. The molecule has 2 fully saturated rings. The number of rotatable bonds is 3. The lowest BCUT2D eigenvalue weighted by atomic mass is 10.1. The Morgan fingerprint density at radius 1 is 1.41 bits per heavy atom. The Morgan fingerprint density at radius 3 is 2.88 bits per heavy atom. The third kappa shape index (κ3) is 3.59. The zero-order valence-electron chi connectivity index (χ0n) is 10.4. The fourth-order valence-electron chi connectivity index (χ4n) is 2.54. The van der Waals surface area contributed by atoms with Gasteiger partial charge in [-0.3, -0.25) is 0 Å². The highest BCUT2D eigenvalue weighted by Gasteiger charge is 2.32. The van der Waals surface area contributed by atoms with Crippen molar-refractivity contribution in [3.8, 4) is 0 Å². The molecule has 0 radical (unpaired) electrons. The molecule has 2 unspecified atom stereocenters. The van der Waals surface area contributed by atoms with Gasteiger partial charge in [-0.2, -0.15) is 16.1 Å². The molecule has 0 amide bonds. The molecule has 1 N–H and O–H groups in total. The van der Waals surface area contributed by atoms with Crippen LogP contribution in [0.1, 0.15) is 26.2 Å². The molecule has 0 aromatic heterocycles. The second-order valence-electron chi connectivity index (χ2n) is 4.96. The third-order valence-corrected chi connectivity index (χ3v) is 6.76. The first kappa shape index (κ1) is 13.6. The highest BCUT2D eigenvalue weighted by Crippen LogP contribution is 2.21. The Labute approximate surface area is 109 Å². The molecule has 0 aliphatic carbocycles. The van der Waals surface area contributed by atoms with Crippen molar-refractivity contribution in [1.82, 2.24) is 9.62 Å². The minimum atomic E-state index is -3.07. The molecule has 6 heteroatoms. The van der Waals surface area contributed by atoms with Gasteiger partial charge < -0.3 is 5.32 Å². The van der Waals surface area contributed by atoms with E-state index in [1.54, 1.807) is 4.31 Å². The maximum absolute atomic E-state index is 12.3. The zero-order valence-corrected chi connectivity index (χ0v) is 12.0. The number of hydrogen-bond acceptors (Lipinski definition) is 4. The summed E-state index contributed by atoms with van der Waals surface area (Å²) in [7, 11) is -3.07. The minimum Gasteiger partial charge on any atom is -0.313 e. The van der Waals surface area contributed by atoms with E-state index in [1.165, 1.54) is 6.42 Å². The van der Waals surface area contributed by atoms with Gasteiger partial charge >= 0.3 is 0 Å². The first-order valence-electron chi connectivity index (χ1n) is 6.40. The van der Waals surface area contributed by atoms with Crippen molar-refractivity contribution >= 4 is 21.8 Å². The molecule has 0 aromatic rings. The van der Waals surface area contributed by atoms with Gasteiger partial charge in [0.1, 0.15) is 0 Å². The van der Waals surface area contributed by atoms with Gasteiger partial charge in [0.15, 0.2) is 0 Å². The molecule has 2 heterocycles. The number of hydrogen-bond donors (Lipinski definition) is 1. The van der Waals surface area contributed by atoms with Crippen molar-refractivity contribution in [2.75, 3.05) is 30.3 Å². The van der Waals surface area contributed by atoms with Crippen LogP contribution in [0.2, 0.25) is 0 Å². The second kappa shape index (κ2) is 5.91. The first-order valence-corrected chi connectivity index (χ1v) is 9.16. The van der Waals surface area contributed by atoms with E-state index < -0.39 is 10.0 Å². The second-order valence-corrected chi connectivity index (χ2v) is 8.08. The Balaban J connectivity index is 1.96. The Morgan fingerprint density at radius 2 is 2.24 bits per heavy atom. The van der Waals surface area contributed by atoms with Gasteiger partial charge in [-0.1, -0.05) is 6.42 Å². The molecule has 0 bridgehead atoms. The normalized spacial score (nSPS) is 32.5. The predicted octanol–water partition coefficient (Wildman–Crippen LogP) is 0.896. The van der Waals surface area contributed by atoms with Crippen LogP contribution in [0.5, 0.6) is 0 Å². The van der Waals surface area contributed by atoms with E-state index in [0.717, 1.165) is 30.9 Å². The molecule has 100 valence electrons. The molecule has 2 aliphatic rings. The topological polar surface area (TPSA) is 49.4 Å². The molecule has 0 saturated carbocycles. The molecule has 17 heavy (non-hydrogen) atoms. The Kier molecular flexibility index (Phi) is 4.74. The van der Waals surface area contributed by atoms with Crippen molar-refractivity contribution in [2.45, 2.75) is 38.3 Å². The van der Waals surface area contributed by atoms with E-state index in [1.807, 2.05) is 18.7 Å². The van der Waals surface area contributed by atoms with Crippen molar-refractivity contribution in [2.24, 2.45) is 0 Å². The van der Waals surface area contributed by atoms with Crippen LogP contribution < -0.4 is 5.32 Å². The van der Waals surface area contributed by atoms with Crippen LogP contribution in [-0.4, -0.2) is 55.2 Å². The number of sulfonamides is 1. The molecule has 0 spiro atoms. The number of nitrogens with one attached hydrogen (secondary N) is 1. The summed E-state index contributed by atoms with van der Waals surface area (Å²) in [6.07, 6.45) is 3.32. The quantitative estimate of drug-likeness (QED) is 0.833. The van der Waals surface area contributed by atoms with Crippen molar-refractivity contribution < 1.29 is 8.42 Å². The van der Waals surface area contributed by atoms with Gasteiger partial charge in [0.25, 0.3) is 0 Å². The standard InChI is InChI=1S/C11H22N2O2S2/c1-10-8-16-7-6-13(10)17(14,15)9-11-4-2-3-5-12-11/h10-12H,2-9H2,1H3. The average Bonchev–Trinajstić information content (AvgIpc) is 2.30. The Hall–Kier alpha value is 0.220. The van der Waals surface area contributed by atoms with Gasteiger partial charge in [-0.25, -0.2) is 8.42 Å². The summed E-state index contributed by atoms with van der Waals surface area (Å²) in [6, 6.07) is 0.317. The Bertz CT molecular complexity index is 339. The van der Waals surface area contributed by atoms with Gasteiger partial charge in [-0.05, 0) is 26.3 Å². The van der Waals surface area contributed by atoms with Gasteiger partial charge in [0, 0.05) is 30.1 Å². The van der Waals surface area contributed by atoms with Crippen LogP contribution in [-0.2, 0) is 10.0 Å². The SMILES string of the molecule is CC1CSCCN1S(=O)(=O)CC1CCCCN1.